The van der Waals surface area contributed by atoms with Crippen molar-refractivity contribution in [1.82, 2.24) is 4.90 Å². The van der Waals surface area contributed by atoms with Crippen molar-refractivity contribution < 1.29 is 0 Å². The molecule has 1 aromatic carbocycles. The highest BCUT2D eigenvalue weighted by atomic mass is 79.9. The van der Waals surface area contributed by atoms with E-state index in [4.69, 9.17) is 11.6 Å². The smallest absolute Gasteiger partial charge is 0.0489 e. The lowest BCUT2D eigenvalue weighted by molar-refractivity contribution is 0.457. The monoisotopic (exact) mass is 273 g/mol. The van der Waals surface area contributed by atoms with Crippen LogP contribution in [0.25, 0.3) is 4.48 Å². The Bertz CT molecular complexity index is 334. The van der Waals surface area contributed by atoms with Crippen molar-refractivity contribution in [3.63, 3.8) is 0 Å². The van der Waals surface area contributed by atoms with E-state index in [2.05, 4.69) is 26.9 Å². The number of likely N-dealkylation sites (N-methyl/N-ethyl adjacent to an activating group) is 1. The molecule has 14 heavy (non-hydrogen) atoms. The third-order valence-corrected chi connectivity index (χ3v) is 2.85. The largest absolute Gasteiger partial charge is 0.306 e. The first-order valence-electron chi connectivity index (χ1n) is 4.36. The van der Waals surface area contributed by atoms with Gasteiger partial charge in [-0.15, -0.1) is 0 Å². The Morgan fingerprint density at radius 3 is 2.64 bits per heavy atom. The number of halogens is 2. The summed E-state index contributed by atoms with van der Waals surface area (Å²) in [5, 5.41) is 0.773. The Kier molecular flexibility index (Phi) is 4.66. The fraction of sp³-hybridized carbons (Fsp3) is 0.273. The third-order valence-electron chi connectivity index (χ3n) is 1.77. The van der Waals surface area contributed by atoms with Crippen molar-refractivity contribution in [2.75, 3.05) is 20.6 Å². The van der Waals surface area contributed by atoms with Crippen LogP contribution in [-0.2, 0) is 0 Å². The van der Waals surface area contributed by atoms with Crippen LogP contribution in [0.15, 0.2) is 30.3 Å². The maximum absolute atomic E-state index is 6.05. The molecule has 0 fully saturated rings. The number of hydrogen-bond acceptors (Lipinski definition) is 1. The first-order chi connectivity index (χ1) is 6.61. The van der Waals surface area contributed by atoms with Crippen LogP contribution < -0.4 is 0 Å². The molecule has 0 unspecified atom stereocenters. The second kappa shape index (κ2) is 5.54. The van der Waals surface area contributed by atoms with Gasteiger partial charge in [-0.25, -0.2) is 0 Å². The molecule has 1 aromatic rings. The number of nitrogens with zero attached hydrogens (tertiary/aromatic N) is 1. The lowest BCUT2D eigenvalue weighted by Gasteiger charge is -2.07. The summed E-state index contributed by atoms with van der Waals surface area (Å²) in [5.41, 5.74) is 1.04. The van der Waals surface area contributed by atoms with E-state index in [-0.39, 0.29) is 0 Å². The number of hydrogen-bond donors (Lipinski definition) is 0. The lowest BCUT2D eigenvalue weighted by atomic mass is 10.2. The Hall–Kier alpha value is -0.310. The minimum Gasteiger partial charge on any atom is -0.306 e. The highest BCUT2D eigenvalue weighted by Gasteiger charge is 2.01. The molecule has 0 spiro atoms. The van der Waals surface area contributed by atoms with Gasteiger partial charge in [-0.05, 0) is 20.2 Å². The van der Waals surface area contributed by atoms with E-state index < -0.39 is 0 Å². The van der Waals surface area contributed by atoms with Crippen molar-refractivity contribution in [2.24, 2.45) is 0 Å². The normalized spacial score (nSPS) is 12.2. The van der Waals surface area contributed by atoms with Gasteiger partial charge >= 0.3 is 0 Å². The third kappa shape index (κ3) is 3.45. The molecule has 0 saturated heterocycles. The molecule has 76 valence electrons. The van der Waals surface area contributed by atoms with Crippen LogP contribution in [0, 0.1) is 0 Å². The lowest BCUT2D eigenvalue weighted by Crippen LogP contribution is -2.10. The summed E-state index contributed by atoms with van der Waals surface area (Å²) in [7, 11) is 4.06. The summed E-state index contributed by atoms with van der Waals surface area (Å²) in [5.74, 6) is 0. The quantitative estimate of drug-likeness (QED) is 0.813. The molecular weight excluding hydrogens is 261 g/mol. The van der Waals surface area contributed by atoms with E-state index in [1.54, 1.807) is 0 Å². The molecule has 0 aliphatic carbocycles. The van der Waals surface area contributed by atoms with E-state index in [0.29, 0.717) is 0 Å². The molecule has 0 aliphatic heterocycles. The molecule has 0 atom stereocenters. The van der Waals surface area contributed by atoms with Crippen molar-refractivity contribution in [1.29, 1.82) is 0 Å². The zero-order valence-corrected chi connectivity index (χ0v) is 10.6. The molecule has 0 aromatic heterocycles. The SMILES string of the molecule is CN(C)CC=C(Br)c1ccccc1Cl. The van der Waals surface area contributed by atoms with Crippen molar-refractivity contribution in [3.05, 3.63) is 40.9 Å². The van der Waals surface area contributed by atoms with Crippen LogP contribution in [0.2, 0.25) is 5.02 Å². The van der Waals surface area contributed by atoms with Gasteiger partial charge in [0.1, 0.15) is 0 Å². The van der Waals surface area contributed by atoms with Gasteiger partial charge in [-0.2, -0.15) is 0 Å². The van der Waals surface area contributed by atoms with Gasteiger partial charge in [-0.3, -0.25) is 0 Å². The zero-order chi connectivity index (χ0) is 10.6. The molecule has 3 heteroatoms. The van der Waals surface area contributed by atoms with Gasteiger partial charge in [0, 0.05) is 21.6 Å². The van der Waals surface area contributed by atoms with E-state index in [1.807, 2.05) is 38.4 Å². The topological polar surface area (TPSA) is 3.24 Å². The summed E-state index contributed by atoms with van der Waals surface area (Å²) in [6.07, 6.45) is 2.10. The van der Waals surface area contributed by atoms with Gasteiger partial charge in [0.2, 0.25) is 0 Å². The predicted octanol–water partition coefficient (Wildman–Crippen LogP) is 3.64. The first kappa shape index (κ1) is 11.8. The van der Waals surface area contributed by atoms with Crippen molar-refractivity contribution >= 4 is 32.0 Å². The van der Waals surface area contributed by atoms with Gasteiger partial charge < -0.3 is 4.90 Å². The molecule has 0 amide bonds. The van der Waals surface area contributed by atoms with E-state index in [9.17, 15) is 0 Å². The van der Waals surface area contributed by atoms with Crippen LogP contribution in [0.3, 0.4) is 0 Å². The minimum absolute atomic E-state index is 0.773. The van der Waals surface area contributed by atoms with E-state index >= 15 is 0 Å². The highest BCUT2D eigenvalue weighted by Crippen LogP contribution is 2.27. The minimum atomic E-state index is 0.773. The number of benzene rings is 1. The molecule has 1 rings (SSSR count). The fourth-order valence-corrected chi connectivity index (χ4v) is 1.87. The average molecular weight is 275 g/mol. The molecule has 0 aliphatic rings. The highest BCUT2D eigenvalue weighted by molar-refractivity contribution is 9.15. The summed E-state index contributed by atoms with van der Waals surface area (Å²) >= 11 is 9.57. The van der Waals surface area contributed by atoms with Gasteiger partial charge in [0.15, 0.2) is 0 Å². The molecule has 0 radical (unpaired) electrons. The second-order valence-electron chi connectivity index (χ2n) is 3.29. The molecule has 1 nitrogen and oxygen atoms in total. The van der Waals surface area contributed by atoms with Gasteiger partial charge in [-0.1, -0.05) is 51.8 Å². The van der Waals surface area contributed by atoms with Crippen LogP contribution in [0.4, 0.5) is 0 Å². The summed E-state index contributed by atoms with van der Waals surface area (Å²) in [4.78, 5) is 2.10. The summed E-state index contributed by atoms with van der Waals surface area (Å²) in [6.45, 7) is 0.895. The molecular formula is C11H13BrClN. The molecule has 0 bridgehead atoms. The van der Waals surface area contributed by atoms with Gasteiger partial charge in [0.25, 0.3) is 0 Å². The fourth-order valence-electron chi connectivity index (χ4n) is 1.03. The van der Waals surface area contributed by atoms with Crippen LogP contribution in [-0.4, -0.2) is 25.5 Å². The summed E-state index contributed by atoms with van der Waals surface area (Å²) in [6, 6.07) is 7.80. The second-order valence-corrected chi connectivity index (χ2v) is 4.56. The van der Waals surface area contributed by atoms with Crippen LogP contribution >= 0.6 is 27.5 Å². The Labute approximate surface area is 98.5 Å². The van der Waals surface area contributed by atoms with Crippen LogP contribution in [0.5, 0.6) is 0 Å². The zero-order valence-electron chi connectivity index (χ0n) is 8.30. The van der Waals surface area contributed by atoms with Crippen molar-refractivity contribution in [2.45, 2.75) is 0 Å². The maximum Gasteiger partial charge on any atom is 0.0489 e. The maximum atomic E-state index is 6.05. The van der Waals surface area contributed by atoms with Crippen LogP contribution in [0.1, 0.15) is 5.56 Å². The first-order valence-corrected chi connectivity index (χ1v) is 5.53. The van der Waals surface area contributed by atoms with Gasteiger partial charge in [0.05, 0.1) is 0 Å². The standard InChI is InChI=1S/C11H13BrClN/c1-14(2)8-7-10(12)9-5-3-4-6-11(9)13/h3-7H,8H2,1-2H3. The van der Waals surface area contributed by atoms with E-state index in [0.717, 1.165) is 21.6 Å². The molecule has 0 saturated carbocycles. The summed E-state index contributed by atoms with van der Waals surface area (Å²) < 4.78 is 1.04. The molecule has 0 N–H and O–H groups in total. The Balaban J connectivity index is 2.84. The van der Waals surface area contributed by atoms with E-state index in [1.165, 1.54) is 0 Å². The van der Waals surface area contributed by atoms with Crippen molar-refractivity contribution in [3.8, 4) is 0 Å². The Morgan fingerprint density at radius 2 is 2.07 bits per heavy atom. The average Bonchev–Trinajstić information content (AvgIpc) is 2.15. The number of rotatable bonds is 3. The Morgan fingerprint density at radius 1 is 1.43 bits per heavy atom. The molecule has 0 heterocycles. The predicted molar refractivity (Wildman–Crippen MR) is 66.9 cm³/mol.